The number of phenols is 1. The van der Waals surface area contributed by atoms with Crippen molar-refractivity contribution in [1.82, 2.24) is 16.0 Å². The van der Waals surface area contributed by atoms with E-state index in [9.17, 15) is 39.0 Å². The van der Waals surface area contributed by atoms with Crippen molar-refractivity contribution in [3.05, 3.63) is 65.7 Å². The van der Waals surface area contributed by atoms with Crippen LogP contribution >= 0.6 is 0 Å². The molecule has 0 saturated carbocycles. The van der Waals surface area contributed by atoms with Crippen LogP contribution in [0, 0.1) is 0 Å². The van der Waals surface area contributed by atoms with Crippen LogP contribution in [0.5, 0.6) is 5.75 Å². The van der Waals surface area contributed by atoms with E-state index in [4.69, 9.17) is 16.6 Å². The third-order valence-electron chi connectivity index (χ3n) is 5.95. The van der Waals surface area contributed by atoms with Crippen LogP contribution < -0.4 is 27.4 Å². The molecule has 0 saturated heterocycles. The smallest absolute Gasteiger partial charge is 0.326 e. The number of carbonyl (C=O) groups is 6. The summed E-state index contributed by atoms with van der Waals surface area (Å²) in [7, 11) is 0. The zero-order valence-corrected chi connectivity index (χ0v) is 22.0. The van der Waals surface area contributed by atoms with Gasteiger partial charge in [-0.2, -0.15) is 0 Å². The van der Waals surface area contributed by atoms with Gasteiger partial charge in [0.25, 0.3) is 0 Å². The number of hydrogen-bond acceptors (Lipinski definition) is 8. The number of nitrogens with one attached hydrogen (secondary N) is 3. The first-order chi connectivity index (χ1) is 19.3. The summed E-state index contributed by atoms with van der Waals surface area (Å²) in [5.74, 6) is -6.16. The molecule has 0 fully saturated rings. The van der Waals surface area contributed by atoms with Gasteiger partial charge in [-0.25, -0.2) is 4.79 Å². The molecule has 14 heteroatoms. The molecule has 2 aromatic rings. The molecule has 0 bridgehead atoms. The zero-order valence-electron chi connectivity index (χ0n) is 22.0. The molecular weight excluding hydrogens is 538 g/mol. The number of amides is 4. The number of carbonyl (C=O) groups excluding carboxylic acids is 4. The zero-order chi connectivity index (χ0) is 30.5. The van der Waals surface area contributed by atoms with E-state index >= 15 is 0 Å². The van der Waals surface area contributed by atoms with Crippen LogP contribution in [-0.4, -0.2) is 75.1 Å². The number of primary amides is 1. The lowest BCUT2D eigenvalue weighted by atomic mass is 10.0. The Labute approximate surface area is 235 Å². The SMILES string of the molecule is NC(=O)CCC(NC(=O)C(Cc1ccc(O)cc1)NC(=O)C(Cc1ccccc1)NC(=O)C(N)CC(=O)O)C(=O)O. The van der Waals surface area contributed by atoms with Crippen molar-refractivity contribution in [2.75, 3.05) is 0 Å². The molecule has 0 spiro atoms. The summed E-state index contributed by atoms with van der Waals surface area (Å²) in [6.07, 6.45) is -1.45. The number of benzene rings is 2. The first-order valence-corrected chi connectivity index (χ1v) is 12.6. The van der Waals surface area contributed by atoms with Crippen molar-refractivity contribution in [2.45, 2.75) is 56.3 Å². The molecule has 4 amide bonds. The maximum absolute atomic E-state index is 13.4. The number of aromatic hydroxyl groups is 1. The quantitative estimate of drug-likeness (QED) is 0.119. The Hall–Kier alpha value is -4.98. The summed E-state index contributed by atoms with van der Waals surface area (Å²) in [6, 6.07) is 8.70. The standard InChI is InChI=1S/C27H33N5O9/c28-18(14-23(35)36)24(37)31-20(12-15-4-2-1-3-5-15)26(39)32-21(13-16-6-8-17(33)9-7-16)25(38)30-19(27(40)41)10-11-22(29)34/h1-9,18-21,33H,10-14,28H2,(H2,29,34)(H,30,38)(H,31,37)(H,32,39)(H,35,36)(H,40,41). The highest BCUT2D eigenvalue weighted by Gasteiger charge is 2.31. The van der Waals surface area contributed by atoms with Crippen molar-refractivity contribution in [1.29, 1.82) is 0 Å². The Balaban J connectivity index is 2.32. The van der Waals surface area contributed by atoms with Crippen molar-refractivity contribution in [2.24, 2.45) is 11.5 Å². The summed E-state index contributed by atoms with van der Waals surface area (Å²) < 4.78 is 0. The van der Waals surface area contributed by atoms with Crippen LogP contribution in [0.15, 0.2) is 54.6 Å². The van der Waals surface area contributed by atoms with E-state index < -0.39 is 66.2 Å². The van der Waals surface area contributed by atoms with E-state index in [-0.39, 0.29) is 31.4 Å². The van der Waals surface area contributed by atoms with E-state index in [1.807, 2.05) is 0 Å². The summed E-state index contributed by atoms with van der Waals surface area (Å²) in [6.45, 7) is 0. The Kier molecular flexibility index (Phi) is 12.2. The first-order valence-electron chi connectivity index (χ1n) is 12.6. The maximum atomic E-state index is 13.4. The lowest BCUT2D eigenvalue weighted by Gasteiger charge is -2.25. The largest absolute Gasteiger partial charge is 0.508 e. The molecule has 4 unspecified atom stereocenters. The van der Waals surface area contributed by atoms with Gasteiger partial charge in [-0.15, -0.1) is 0 Å². The Morgan fingerprint density at radius 2 is 1.20 bits per heavy atom. The molecule has 0 aromatic heterocycles. The predicted octanol–water partition coefficient (Wildman–Crippen LogP) is -1.22. The third-order valence-corrected chi connectivity index (χ3v) is 5.95. The molecule has 0 aliphatic carbocycles. The van der Waals surface area contributed by atoms with Gasteiger partial charge in [-0.05, 0) is 29.7 Å². The van der Waals surface area contributed by atoms with Gasteiger partial charge in [0, 0.05) is 19.3 Å². The predicted molar refractivity (Wildman–Crippen MR) is 144 cm³/mol. The lowest BCUT2D eigenvalue weighted by molar-refractivity contribution is -0.142. The van der Waals surface area contributed by atoms with Gasteiger partial charge in [-0.3, -0.25) is 24.0 Å². The summed E-state index contributed by atoms with van der Waals surface area (Å²) >= 11 is 0. The highest BCUT2D eigenvalue weighted by molar-refractivity contribution is 5.95. The lowest BCUT2D eigenvalue weighted by Crippen LogP contribution is -2.58. The minimum Gasteiger partial charge on any atom is -0.508 e. The highest BCUT2D eigenvalue weighted by atomic mass is 16.4. The van der Waals surface area contributed by atoms with E-state index in [0.29, 0.717) is 11.1 Å². The molecule has 0 heterocycles. The Morgan fingerprint density at radius 1 is 0.707 bits per heavy atom. The van der Waals surface area contributed by atoms with Gasteiger partial charge in [0.15, 0.2) is 0 Å². The summed E-state index contributed by atoms with van der Waals surface area (Å²) in [5.41, 5.74) is 11.9. The molecular formula is C27H33N5O9. The molecule has 14 nitrogen and oxygen atoms in total. The number of carboxylic acids is 2. The van der Waals surface area contributed by atoms with Crippen molar-refractivity contribution < 1.29 is 44.1 Å². The van der Waals surface area contributed by atoms with E-state index in [0.717, 1.165) is 0 Å². The third kappa shape index (κ3) is 11.3. The van der Waals surface area contributed by atoms with Gasteiger partial charge in [0.2, 0.25) is 23.6 Å². The van der Waals surface area contributed by atoms with Gasteiger partial charge in [0.05, 0.1) is 12.5 Å². The van der Waals surface area contributed by atoms with Crippen LogP contribution in [0.2, 0.25) is 0 Å². The van der Waals surface area contributed by atoms with Gasteiger partial charge < -0.3 is 42.7 Å². The molecule has 41 heavy (non-hydrogen) atoms. The van der Waals surface area contributed by atoms with E-state index in [1.165, 1.54) is 24.3 Å². The first kappa shape index (κ1) is 32.2. The number of phenolic OH excluding ortho intramolecular Hbond substituents is 1. The number of nitrogens with two attached hydrogens (primary N) is 2. The van der Waals surface area contributed by atoms with Crippen LogP contribution in [0.4, 0.5) is 0 Å². The maximum Gasteiger partial charge on any atom is 0.326 e. The monoisotopic (exact) mass is 571 g/mol. The molecule has 0 radical (unpaired) electrons. The topological polar surface area (TPSA) is 251 Å². The highest BCUT2D eigenvalue weighted by Crippen LogP contribution is 2.13. The second-order valence-corrected chi connectivity index (χ2v) is 9.29. The fourth-order valence-electron chi connectivity index (χ4n) is 3.78. The van der Waals surface area contributed by atoms with Crippen molar-refractivity contribution in [3.8, 4) is 5.75 Å². The van der Waals surface area contributed by atoms with Crippen LogP contribution in [0.1, 0.15) is 30.4 Å². The molecule has 0 aliphatic heterocycles. The minimum absolute atomic E-state index is 0.0396. The van der Waals surface area contributed by atoms with Crippen molar-refractivity contribution in [3.63, 3.8) is 0 Å². The number of aliphatic carboxylic acids is 2. The fraction of sp³-hybridized carbons (Fsp3) is 0.333. The second-order valence-electron chi connectivity index (χ2n) is 9.29. The normalized spacial score (nSPS) is 13.6. The fourth-order valence-corrected chi connectivity index (χ4v) is 3.78. The molecule has 10 N–H and O–H groups in total. The summed E-state index contributed by atoms with van der Waals surface area (Å²) in [5, 5.41) is 35.3. The van der Waals surface area contributed by atoms with Gasteiger partial charge in [-0.1, -0.05) is 42.5 Å². The molecule has 0 aliphatic rings. The number of rotatable bonds is 16. The van der Waals surface area contributed by atoms with Gasteiger partial charge >= 0.3 is 11.9 Å². The summed E-state index contributed by atoms with van der Waals surface area (Å²) in [4.78, 5) is 73.1. The Morgan fingerprint density at radius 3 is 1.68 bits per heavy atom. The van der Waals surface area contributed by atoms with E-state index in [1.54, 1.807) is 30.3 Å². The number of carboxylic acid groups (broad SMARTS) is 2. The van der Waals surface area contributed by atoms with Crippen LogP contribution in [0.25, 0.3) is 0 Å². The van der Waals surface area contributed by atoms with Crippen LogP contribution in [0.3, 0.4) is 0 Å². The second kappa shape index (κ2) is 15.6. The Bertz CT molecular complexity index is 1240. The minimum atomic E-state index is -1.48. The average molecular weight is 572 g/mol. The molecule has 4 atom stereocenters. The van der Waals surface area contributed by atoms with Gasteiger partial charge in [0.1, 0.15) is 23.9 Å². The molecule has 2 rings (SSSR count). The van der Waals surface area contributed by atoms with Crippen molar-refractivity contribution >= 4 is 35.6 Å². The molecule has 2 aromatic carbocycles. The number of hydrogen-bond donors (Lipinski definition) is 8. The average Bonchev–Trinajstić information content (AvgIpc) is 2.91. The molecule has 220 valence electrons. The van der Waals surface area contributed by atoms with Crippen LogP contribution in [-0.2, 0) is 41.6 Å². The van der Waals surface area contributed by atoms with E-state index in [2.05, 4.69) is 16.0 Å².